The maximum absolute atomic E-state index is 10.6. The first-order chi connectivity index (χ1) is 12.6. The molecule has 1 aliphatic heterocycles. The van der Waals surface area contributed by atoms with Crippen molar-refractivity contribution in [2.45, 2.75) is 38.7 Å². The van der Waals surface area contributed by atoms with E-state index >= 15 is 0 Å². The van der Waals surface area contributed by atoms with Gasteiger partial charge in [-0.05, 0) is 31.4 Å². The standard InChI is InChI=1S/C20H30N4O2.HI/c1-3-21-19(24-14-20(25)8-11-26-12-9-20)22-10-7-16-13-23-18-15(2)5-4-6-17(16)18;/h4-6,13,23,25H,3,7-12,14H2,1-2H3,(H2,21,22,24);1H. The molecule has 1 saturated heterocycles. The van der Waals surface area contributed by atoms with Gasteiger partial charge < -0.3 is 25.5 Å². The number of H-pyrrole nitrogens is 1. The molecule has 0 amide bonds. The summed E-state index contributed by atoms with van der Waals surface area (Å²) in [5.74, 6) is 0.753. The van der Waals surface area contributed by atoms with Gasteiger partial charge in [-0.2, -0.15) is 0 Å². The highest BCUT2D eigenvalue weighted by molar-refractivity contribution is 14.0. The zero-order valence-electron chi connectivity index (χ0n) is 16.2. The van der Waals surface area contributed by atoms with Crippen LogP contribution in [0.3, 0.4) is 0 Å². The number of nitrogens with zero attached hydrogens (tertiary/aromatic N) is 1. The van der Waals surface area contributed by atoms with E-state index in [1.165, 1.54) is 22.0 Å². The molecule has 27 heavy (non-hydrogen) atoms. The van der Waals surface area contributed by atoms with Crippen LogP contribution in [0.1, 0.15) is 30.9 Å². The van der Waals surface area contributed by atoms with Gasteiger partial charge in [-0.25, -0.2) is 0 Å². The molecule has 0 aliphatic carbocycles. The SMILES string of the molecule is CCNC(=NCC1(O)CCOCC1)NCCc1c[nH]c2c(C)cccc12.I. The lowest BCUT2D eigenvalue weighted by molar-refractivity contribution is -0.0565. The molecule has 0 atom stereocenters. The van der Waals surface area contributed by atoms with Gasteiger partial charge in [0.1, 0.15) is 0 Å². The number of fused-ring (bicyclic) bond motifs is 1. The monoisotopic (exact) mass is 486 g/mol. The van der Waals surface area contributed by atoms with E-state index < -0.39 is 5.60 Å². The Balaban J connectivity index is 0.00000261. The number of hydrogen-bond donors (Lipinski definition) is 4. The zero-order valence-corrected chi connectivity index (χ0v) is 18.5. The van der Waals surface area contributed by atoms with Crippen LogP contribution in [0.5, 0.6) is 0 Å². The van der Waals surface area contributed by atoms with Crippen LogP contribution in [0.2, 0.25) is 0 Å². The molecule has 2 aromatic rings. The van der Waals surface area contributed by atoms with Gasteiger partial charge in [-0.15, -0.1) is 24.0 Å². The van der Waals surface area contributed by atoms with E-state index in [1.807, 2.05) is 6.92 Å². The Morgan fingerprint density at radius 3 is 2.81 bits per heavy atom. The highest BCUT2D eigenvalue weighted by atomic mass is 127. The first kappa shape index (κ1) is 22.0. The fourth-order valence-electron chi connectivity index (χ4n) is 3.36. The van der Waals surface area contributed by atoms with Crippen LogP contribution < -0.4 is 10.6 Å². The van der Waals surface area contributed by atoms with Gasteiger partial charge in [-0.1, -0.05) is 18.2 Å². The summed E-state index contributed by atoms with van der Waals surface area (Å²) in [5, 5.41) is 18.5. The molecule has 2 heterocycles. The number of halogens is 1. The Hall–Kier alpha value is -1.32. The molecule has 0 bridgehead atoms. The number of aryl methyl sites for hydroxylation is 1. The fraction of sp³-hybridized carbons (Fsp3) is 0.550. The topological polar surface area (TPSA) is 81.7 Å². The predicted octanol–water partition coefficient (Wildman–Crippen LogP) is 2.73. The summed E-state index contributed by atoms with van der Waals surface area (Å²) in [6, 6.07) is 6.38. The highest BCUT2D eigenvalue weighted by Gasteiger charge is 2.29. The second kappa shape index (κ2) is 10.3. The van der Waals surface area contributed by atoms with E-state index in [-0.39, 0.29) is 24.0 Å². The van der Waals surface area contributed by atoms with Crippen molar-refractivity contribution < 1.29 is 9.84 Å². The van der Waals surface area contributed by atoms with E-state index in [1.54, 1.807) is 0 Å². The Kier molecular flexibility index (Phi) is 8.37. The van der Waals surface area contributed by atoms with Crippen molar-refractivity contribution in [3.63, 3.8) is 0 Å². The van der Waals surface area contributed by atoms with Gasteiger partial charge in [0.15, 0.2) is 5.96 Å². The van der Waals surface area contributed by atoms with Crippen molar-refractivity contribution in [2.75, 3.05) is 32.8 Å². The lowest BCUT2D eigenvalue weighted by atomic mass is 9.95. The van der Waals surface area contributed by atoms with Crippen molar-refractivity contribution >= 4 is 40.8 Å². The van der Waals surface area contributed by atoms with Gasteiger partial charge in [-0.3, -0.25) is 4.99 Å². The number of nitrogens with one attached hydrogen (secondary N) is 3. The Bertz CT molecular complexity index is 754. The number of aliphatic hydroxyl groups is 1. The second-order valence-electron chi connectivity index (χ2n) is 7.02. The molecule has 0 saturated carbocycles. The number of guanidine groups is 1. The smallest absolute Gasteiger partial charge is 0.191 e. The summed E-state index contributed by atoms with van der Waals surface area (Å²) in [6.07, 6.45) is 4.29. The minimum absolute atomic E-state index is 0. The van der Waals surface area contributed by atoms with Gasteiger partial charge in [0, 0.05) is 56.2 Å². The molecule has 3 rings (SSSR count). The number of benzene rings is 1. The van der Waals surface area contributed by atoms with Crippen molar-refractivity contribution in [1.29, 1.82) is 0 Å². The lowest BCUT2D eigenvalue weighted by Gasteiger charge is -2.30. The van der Waals surface area contributed by atoms with Gasteiger partial charge >= 0.3 is 0 Å². The van der Waals surface area contributed by atoms with Crippen molar-refractivity contribution in [2.24, 2.45) is 4.99 Å². The third-order valence-corrected chi connectivity index (χ3v) is 5.00. The molecule has 0 spiro atoms. The van der Waals surface area contributed by atoms with Gasteiger partial charge in [0.2, 0.25) is 0 Å². The lowest BCUT2D eigenvalue weighted by Crippen LogP contribution is -2.43. The number of aromatic nitrogens is 1. The Labute approximate surface area is 178 Å². The Morgan fingerprint density at radius 1 is 1.30 bits per heavy atom. The van der Waals surface area contributed by atoms with Crippen LogP contribution in [0.4, 0.5) is 0 Å². The molecule has 1 aromatic carbocycles. The number of ether oxygens (including phenoxy) is 1. The van der Waals surface area contributed by atoms with E-state index in [9.17, 15) is 5.11 Å². The molecular weight excluding hydrogens is 455 g/mol. The highest BCUT2D eigenvalue weighted by Crippen LogP contribution is 2.22. The van der Waals surface area contributed by atoms with Crippen LogP contribution in [0, 0.1) is 6.92 Å². The normalized spacial score (nSPS) is 16.8. The summed E-state index contributed by atoms with van der Waals surface area (Å²) in [7, 11) is 0. The number of aliphatic imine (C=N–C) groups is 1. The molecular formula is C20H31IN4O2. The third-order valence-electron chi connectivity index (χ3n) is 5.00. The average Bonchev–Trinajstić information content (AvgIpc) is 3.05. The van der Waals surface area contributed by atoms with E-state index in [4.69, 9.17) is 4.74 Å². The summed E-state index contributed by atoms with van der Waals surface area (Å²) >= 11 is 0. The van der Waals surface area contributed by atoms with Gasteiger partial charge in [0.05, 0.1) is 12.1 Å². The third kappa shape index (κ3) is 5.83. The minimum atomic E-state index is -0.741. The van der Waals surface area contributed by atoms with Crippen LogP contribution in [-0.2, 0) is 11.2 Å². The van der Waals surface area contributed by atoms with Crippen LogP contribution in [0.15, 0.2) is 29.4 Å². The van der Waals surface area contributed by atoms with E-state index in [0.717, 1.165) is 25.5 Å². The van der Waals surface area contributed by atoms with E-state index in [0.29, 0.717) is 32.6 Å². The maximum atomic E-state index is 10.6. The molecule has 1 fully saturated rings. The summed E-state index contributed by atoms with van der Waals surface area (Å²) in [6.45, 7) is 7.36. The van der Waals surface area contributed by atoms with Crippen LogP contribution in [-0.4, -0.2) is 54.5 Å². The number of hydrogen-bond acceptors (Lipinski definition) is 3. The number of aromatic amines is 1. The molecule has 0 unspecified atom stereocenters. The first-order valence-corrected chi connectivity index (χ1v) is 9.49. The molecule has 0 radical (unpaired) electrons. The van der Waals surface area contributed by atoms with Crippen molar-refractivity contribution in [1.82, 2.24) is 15.6 Å². The quantitative estimate of drug-likeness (QED) is 0.288. The predicted molar refractivity (Wildman–Crippen MR) is 121 cm³/mol. The van der Waals surface area contributed by atoms with Crippen LogP contribution in [0.25, 0.3) is 10.9 Å². The molecule has 7 heteroatoms. The molecule has 6 nitrogen and oxygen atoms in total. The summed E-state index contributed by atoms with van der Waals surface area (Å²) in [4.78, 5) is 7.96. The molecule has 1 aliphatic rings. The Morgan fingerprint density at radius 2 is 2.07 bits per heavy atom. The fourth-order valence-corrected chi connectivity index (χ4v) is 3.36. The van der Waals surface area contributed by atoms with Gasteiger partial charge in [0.25, 0.3) is 0 Å². The maximum Gasteiger partial charge on any atom is 0.191 e. The first-order valence-electron chi connectivity index (χ1n) is 9.49. The van der Waals surface area contributed by atoms with Crippen molar-refractivity contribution in [3.05, 3.63) is 35.5 Å². The van der Waals surface area contributed by atoms with Crippen LogP contribution >= 0.6 is 24.0 Å². The summed E-state index contributed by atoms with van der Waals surface area (Å²) < 4.78 is 5.33. The molecule has 1 aromatic heterocycles. The van der Waals surface area contributed by atoms with Crippen molar-refractivity contribution in [3.8, 4) is 0 Å². The number of rotatable bonds is 6. The average molecular weight is 486 g/mol. The second-order valence-corrected chi connectivity index (χ2v) is 7.02. The number of para-hydroxylation sites is 1. The van der Waals surface area contributed by atoms with E-state index in [2.05, 4.69) is 51.9 Å². The molecule has 150 valence electrons. The largest absolute Gasteiger partial charge is 0.388 e. The zero-order chi connectivity index (χ0) is 18.4. The molecule has 4 N–H and O–H groups in total. The minimum Gasteiger partial charge on any atom is -0.388 e. The summed E-state index contributed by atoms with van der Waals surface area (Å²) in [5.41, 5.74) is 3.04.